The van der Waals surface area contributed by atoms with Crippen molar-refractivity contribution >= 4 is 12.1 Å². The molecule has 106 valence electrons. The lowest BCUT2D eigenvalue weighted by atomic mass is 10.2. The molecule has 0 unspecified atom stereocenters. The third-order valence-corrected chi connectivity index (χ3v) is 1.86. The van der Waals surface area contributed by atoms with E-state index in [1.807, 2.05) is 34.6 Å². The number of rotatable bonds is 4. The maximum atomic E-state index is 11.6. The van der Waals surface area contributed by atoms with E-state index in [0.29, 0.717) is 19.0 Å². The number of guanidine groups is 1. The average Bonchev–Trinajstić information content (AvgIpc) is 2.13. The van der Waals surface area contributed by atoms with E-state index < -0.39 is 5.60 Å². The van der Waals surface area contributed by atoms with Crippen LogP contribution in [0.5, 0.6) is 0 Å². The number of amides is 1. The molecule has 0 spiro atoms. The van der Waals surface area contributed by atoms with Gasteiger partial charge in [0, 0.05) is 19.6 Å². The Morgan fingerprint density at radius 1 is 1.44 bits per heavy atom. The predicted octanol–water partition coefficient (Wildman–Crippen LogP) is 1.17. The van der Waals surface area contributed by atoms with Gasteiger partial charge in [-0.2, -0.15) is 0 Å². The van der Waals surface area contributed by atoms with Gasteiger partial charge in [0.1, 0.15) is 5.60 Å². The first-order chi connectivity index (χ1) is 8.11. The molecule has 6 heteroatoms. The molecule has 6 nitrogen and oxygen atoms in total. The van der Waals surface area contributed by atoms with Crippen LogP contribution in [0.15, 0.2) is 4.99 Å². The molecule has 0 heterocycles. The summed E-state index contributed by atoms with van der Waals surface area (Å²) in [4.78, 5) is 17.2. The zero-order valence-corrected chi connectivity index (χ0v) is 12.3. The van der Waals surface area contributed by atoms with E-state index in [1.165, 1.54) is 4.90 Å². The van der Waals surface area contributed by atoms with E-state index in [1.54, 1.807) is 7.05 Å². The van der Waals surface area contributed by atoms with Crippen molar-refractivity contribution in [2.45, 2.75) is 46.3 Å². The number of nitrogens with zero attached hydrogens (tertiary/aromatic N) is 2. The van der Waals surface area contributed by atoms with Gasteiger partial charge in [0.2, 0.25) is 0 Å². The lowest BCUT2D eigenvalue weighted by Gasteiger charge is -2.24. The normalized spacial score (nSPS) is 12.5. The molecule has 0 rings (SSSR count). The van der Waals surface area contributed by atoms with Crippen molar-refractivity contribution in [1.82, 2.24) is 10.2 Å². The Kier molecular flexibility index (Phi) is 6.51. The van der Waals surface area contributed by atoms with Crippen LogP contribution in [0.3, 0.4) is 0 Å². The molecule has 1 amide bonds. The molecule has 0 fully saturated rings. The Hall–Kier alpha value is -1.46. The maximum Gasteiger partial charge on any atom is 0.410 e. The SMILES string of the molecule is CC(C)NC(N)=NCCN(C)C(=O)OC(C)(C)C. The van der Waals surface area contributed by atoms with Gasteiger partial charge in [0.05, 0.1) is 6.54 Å². The molecule has 0 bridgehead atoms. The van der Waals surface area contributed by atoms with Gasteiger partial charge >= 0.3 is 6.09 Å². The first kappa shape index (κ1) is 16.5. The van der Waals surface area contributed by atoms with E-state index in [2.05, 4.69) is 10.3 Å². The van der Waals surface area contributed by atoms with E-state index in [-0.39, 0.29) is 12.1 Å². The monoisotopic (exact) mass is 258 g/mol. The molecule has 0 aliphatic rings. The van der Waals surface area contributed by atoms with Gasteiger partial charge in [-0.1, -0.05) is 0 Å². The van der Waals surface area contributed by atoms with Gasteiger partial charge < -0.3 is 20.7 Å². The van der Waals surface area contributed by atoms with Crippen LogP contribution in [0.1, 0.15) is 34.6 Å². The summed E-state index contributed by atoms with van der Waals surface area (Å²) in [5, 5.41) is 2.98. The second kappa shape index (κ2) is 7.08. The highest BCUT2D eigenvalue weighted by molar-refractivity contribution is 5.78. The highest BCUT2D eigenvalue weighted by atomic mass is 16.6. The molecule has 0 atom stereocenters. The lowest BCUT2D eigenvalue weighted by Crippen LogP contribution is -2.38. The zero-order chi connectivity index (χ0) is 14.3. The van der Waals surface area contributed by atoms with Crippen LogP contribution in [0.25, 0.3) is 0 Å². The molecule has 18 heavy (non-hydrogen) atoms. The minimum absolute atomic E-state index is 0.248. The van der Waals surface area contributed by atoms with Gasteiger partial charge in [-0.25, -0.2) is 4.79 Å². The second-order valence-electron chi connectivity index (χ2n) is 5.47. The molecule has 0 aromatic heterocycles. The van der Waals surface area contributed by atoms with E-state index in [9.17, 15) is 4.79 Å². The fourth-order valence-electron chi connectivity index (χ4n) is 1.09. The van der Waals surface area contributed by atoms with Crippen LogP contribution in [-0.2, 0) is 4.74 Å². The summed E-state index contributed by atoms with van der Waals surface area (Å²) in [6.07, 6.45) is -0.354. The number of nitrogens with two attached hydrogens (primary N) is 1. The lowest BCUT2D eigenvalue weighted by molar-refractivity contribution is 0.0304. The number of likely N-dealkylation sites (N-methyl/N-ethyl adjacent to an activating group) is 1. The predicted molar refractivity (Wildman–Crippen MR) is 73.6 cm³/mol. The van der Waals surface area contributed by atoms with Gasteiger partial charge in [0.15, 0.2) is 5.96 Å². The molecular weight excluding hydrogens is 232 g/mol. The van der Waals surface area contributed by atoms with Crippen LogP contribution in [0.4, 0.5) is 4.79 Å². The Balaban J connectivity index is 4.03. The number of ether oxygens (including phenoxy) is 1. The fourth-order valence-corrected chi connectivity index (χ4v) is 1.09. The molecular formula is C12H26N4O2. The van der Waals surface area contributed by atoms with Crippen molar-refractivity contribution in [1.29, 1.82) is 0 Å². The molecule has 0 saturated carbocycles. The van der Waals surface area contributed by atoms with Crippen LogP contribution in [0, 0.1) is 0 Å². The molecule has 0 aliphatic heterocycles. The fraction of sp³-hybridized carbons (Fsp3) is 0.833. The average molecular weight is 258 g/mol. The summed E-state index contributed by atoms with van der Waals surface area (Å²) >= 11 is 0. The van der Waals surface area contributed by atoms with Gasteiger partial charge in [0.25, 0.3) is 0 Å². The molecule has 0 aromatic carbocycles. The quantitative estimate of drug-likeness (QED) is 0.586. The Labute approximate surface area is 110 Å². The topological polar surface area (TPSA) is 80.0 Å². The zero-order valence-electron chi connectivity index (χ0n) is 12.3. The van der Waals surface area contributed by atoms with E-state index >= 15 is 0 Å². The summed E-state index contributed by atoms with van der Waals surface area (Å²) in [6.45, 7) is 10.4. The maximum absolute atomic E-state index is 11.6. The Morgan fingerprint density at radius 2 is 2.00 bits per heavy atom. The summed E-state index contributed by atoms with van der Waals surface area (Å²) in [6, 6.07) is 0.248. The van der Waals surface area contributed by atoms with Crippen molar-refractivity contribution in [3.63, 3.8) is 0 Å². The van der Waals surface area contributed by atoms with Crippen molar-refractivity contribution in [2.24, 2.45) is 10.7 Å². The minimum Gasteiger partial charge on any atom is -0.444 e. The van der Waals surface area contributed by atoms with Gasteiger partial charge in [-0.15, -0.1) is 0 Å². The van der Waals surface area contributed by atoms with Crippen molar-refractivity contribution in [2.75, 3.05) is 20.1 Å². The van der Waals surface area contributed by atoms with Crippen LogP contribution in [0.2, 0.25) is 0 Å². The highest BCUT2D eigenvalue weighted by Gasteiger charge is 2.18. The first-order valence-corrected chi connectivity index (χ1v) is 6.12. The van der Waals surface area contributed by atoms with Crippen LogP contribution >= 0.6 is 0 Å². The van der Waals surface area contributed by atoms with Crippen LogP contribution in [-0.4, -0.2) is 48.7 Å². The number of nitrogens with one attached hydrogen (secondary N) is 1. The first-order valence-electron chi connectivity index (χ1n) is 6.12. The third-order valence-electron chi connectivity index (χ3n) is 1.86. The molecule has 0 radical (unpaired) electrons. The van der Waals surface area contributed by atoms with Crippen molar-refractivity contribution < 1.29 is 9.53 Å². The second-order valence-corrected chi connectivity index (χ2v) is 5.47. The summed E-state index contributed by atoms with van der Waals surface area (Å²) < 4.78 is 5.21. The summed E-state index contributed by atoms with van der Waals surface area (Å²) in [5.41, 5.74) is 5.16. The Morgan fingerprint density at radius 3 is 2.44 bits per heavy atom. The van der Waals surface area contributed by atoms with Crippen molar-refractivity contribution in [3.8, 4) is 0 Å². The standard InChI is InChI=1S/C12H26N4O2/c1-9(2)15-10(13)14-7-8-16(6)11(17)18-12(3,4)5/h9H,7-8H2,1-6H3,(H3,13,14,15). The number of carbonyl (C=O) groups is 1. The number of hydrogen-bond acceptors (Lipinski definition) is 3. The Bertz CT molecular complexity index is 295. The summed E-state index contributed by atoms with van der Waals surface area (Å²) in [5.74, 6) is 0.391. The van der Waals surface area contributed by atoms with Crippen LogP contribution < -0.4 is 11.1 Å². The number of hydrogen-bond donors (Lipinski definition) is 2. The number of carbonyl (C=O) groups excluding carboxylic acids is 1. The third kappa shape index (κ3) is 8.66. The van der Waals surface area contributed by atoms with E-state index in [4.69, 9.17) is 10.5 Å². The molecule has 3 N–H and O–H groups in total. The molecule has 0 aliphatic carbocycles. The smallest absolute Gasteiger partial charge is 0.410 e. The largest absolute Gasteiger partial charge is 0.444 e. The van der Waals surface area contributed by atoms with E-state index in [0.717, 1.165) is 0 Å². The number of aliphatic imine (C=N–C) groups is 1. The minimum atomic E-state index is -0.479. The molecule has 0 aromatic rings. The van der Waals surface area contributed by atoms with Gasteiger partial charge in [-0.05, 0) is 34.6 Å². The van der Waals surface area contributed by atoms with Crippen molar-refractivity contribution in [3.05, 3.63) is 0 Å². The summed E-state index contributed by atoms with van der Waals surface area (Å²) in [7, 11) is 1.68. The highest BCUT2D eigenvalue weighted by Crippen LogP contribution is 2.08. The van der Waals surface area contributed by atoms with Gasteiger partial charge in [-0.3, -0.25) is 4.99 Å². The molecule has 0 saturated heterocycles.